The van der Waals surface area contributed by atoms with Gasteiger partial charge in [-0.1, -0.05) is 0 Å². The van der Waals surface area contributed by atoms with Crippen molar-refractivity contribution in [1.29, 1.82) is 0 Å². The van der Waals surface area contributed by atoms with Crippen molar-refractivity contribution in [2.75, 3.05) is 44.8 Å². The molecule has 0 saturated carbocycles. The molecule has 2 aliphatic rings. The standard InChI is InChI=1S/C28H33F5N4O/c1-16-8-21-20-5-4-17(30)9-24(20)35-26(21)27(37(16)14-28(2,33)15-38)25-22(31)10-18(11-23(25)32)34-19-12-36(13-19)7-3-6-29/h4-5,9-11,16,19,27,34-35,38H,3,6-8,12-15H2,1-2H3/t16-,27-,28-/m1/s1. The number of nitrogens with zero attached hydrogens (tertiary/aromatic N) is 2. The Labute approximate surface area is 218 Å². The number of H-pyrrole nitrogens is 1. The van der Waals surface area contributed by atoms with Gasteiger partial charge in [0.05, 0.1) is 25.4 Å². The minimum atomic E-state index is -2.01. The third-order valence-corrected chi connectivity index (χ3v) is 7.70. The highest BCUT2D eigenvalue weighted by atomic mass is 19.2. The zero-order valence-electron chi connectivity index (χ0n) is 21.5. The zero-order valence-corrected chi connectivity index (χ0v) is 21.5. The molecule has 5 rings (SSSR count). The monoisotopic (exact) mass is 536 g/mol. The lowest BCUT2D eigenvalue weighted by molar-refractivity contribution is 0.0162. The number of benzene rings is 2. The van der Waals surface area contributed by atoms with Gasteiger partial charge in [0, 0.05) is 60.1 Å². The summed E-state index contributed by atoms with van der Waals surface area (Å²) in [5.74, 6) is -2.02. The minimum absolute atomic E-state index is 0.00234. The lowest BCUT2D eigenvalue weighted by atomic mass is 9.87. The number of aliphatic hydroxyl groups excluding tert-OH is 1. The number of nitrogens with one attached hydrogen (secondary N) is 2. The number of aliphatic hydroxyl groups is 1. The van der Waals surface area contributed by atoms with Gasteiger partial charge in [0.2, 0.25) is 0 Å². The van der Waals surface area contributed by atoms with Crippen molar-refractivity contribution in [2.45, 2.75) is 50.5 Å². The molecule has 0 amide bonds. The number of hydrogen-bond donors (Lipinski definition) is 3. The molecular weight excluding hydrogens is 503 g/mol. The van der Waals surface area contributed by atoms with E-state index in [4.69, 9.17) is 0 Å². The smallest absolute Gasteiger partial charge is 0.143 e. The van der Waals surface area contributed by atoms with Crippen LogP contribution in [0.1, 0.15) is 43.1 Å². The molecule has 3 heterocycles. The average molecular weight is 537 g/mol. The molecule has 0 spiro atoms. The minimum Gasteiger partial charge on any atom is -0.393 e. The molecule has 0 unspecified atom stereocenters. The van der Waals surface area contributed by atoms with Crippen LogP contribution in [0.2, 0.25) is 0 Å². The molecule has 206 valence electrons. The van der Waals surface area contributed by atoms with Crippen LogP contribution in [0.25, 0.3) is 10.9 Å². The first kappa shape index (κ1) is 26.9. The molecule has 3 N–H and O–H groups in total. The topological polar surface area (TPSA) is 54.5 Å². The molecule has 5 nitrogen and oxygen atoms in total. The van der Waals surface area contributed by atoms with Crippen molar-refractivity contribution >= 4 is 16.6 Å². The second-order valence-electron chi connectivity index (χ2n) is 10.9. The van der Waals surface area contributed by atoms with E-state index in [1.165, 1.54) is 31.2 Å². The molecule has 1 saturated heterocycles. The normalized spacial score (nSPS) is 22.3. The second-order valence-corrected chi connectivity index (χ2v) is 10.9. The Balaban J connectivity index is 1.52. The summed E-state index contributed by atoms with van der Waals surface area (Å²) in [6, 6.07) is 5.46. The fourth-order valence-corrected chi connectivity index (χ4v) is 5.81. The maximum Gasteiger partial charge on any atom is 0.143 e. The first-order valence-electron chi connectivity index (χ1n) is 13.0. The van der Waals surface area contributed by atoms with Crippen molar-refractivity contribution in [2.24, 2.45) is 0 Å². The number of fused-ring (bicyclic) bond motifs is 3. The highest BCUT2D eigenvalue weighted by Gasteiger charge is 2.42. The fourth-order valence-electron chi connectivity index (χ4n) is 5.81. The van der Waals surface area contributed by atoms with Crippen molar-refractivity contribution in [3.8, 4) is 0 Å². The van der Waals surface area contributed by atoms with Gasteiger partial charge in [0.15, 0.2) is 0 Å². The number of anilines is 1. The van der Waals surface area contributed by atoms with Crippen LogP contribution in [-0.4, -0.2) is 77.1 Å². The zero-order chi connectivity index (χ0) is 27.2. The summed E-state index contributed by atoms with van der Waals surface area (Å²) in [4.78, 5) is 6.88. The van der Waals surface area contributed by atoms with Crippen LogP contribution in [0, 0.1) is 17.5 Å². The maximum absolute atomic E-state index is 15.8. The Morgan fingerprint density at radius 2 is 1.84 bits per heavy atom. The van der Waals surface area contributed by atoms with Gasteiger partial charge >= 0.3 is 0 Å². The third kappa shape index (κ3) is 5.13. The lowest BCUT2D eigenvalue weighted by Crippen LogP contribution is -2.54. The van der Waals surface area contributed by atoms with Gasteiger partial charge in [-0.05, 0) is 62.6 Å². The molecule has 10 heteroatoms. The second kappa shape index (κ2) is 10.5. The SMILES string of the molecule is C[C@@H]1Cc2c([nH]c3cc(F)ccc23)[C@@H](c2c(F)cc(NC3CN(CCCF)C3)cc2F)N1C[C@@](C)(F)CO. The summed E-state index contributed by atoms with van der Waals surface area (Å²) in [6.45, 7) is 3.68. The predicted molar refractivity (Wildman–Crippen MR) is 137 cm³/mol. The average Bonchev–Trinajstić information content (AvgIpc) is 3.18. The van der Waals surface area contributed by atoms with Crippen LogP contribution < -0.4 is 5.32 Å². The lowest BCUT2D eigenvalue weighted by Gasteiger charge is -2.43. The van der Waals surface area contributed by atoms with Crippen LogP contribution in [0.5, 0.6) is 0 Å². The molecule has 1 fully saturated rings. The summed E-state index contributed by atoms with van der Waals surface area (Å²) in [5.41, 5.74) is -0.156. The molecule has 3 atom stereocenters. The van der Waals surface area contributed by atoms with Crippen LogP contribution >= 0.6 is 0 Å². The van der Waals surface area contributed by atoms with E-state index in [-0.39, 0.29) is 30.9 Å². The van der Waals surface area contributed by atoms with E-state index in [0.29, 0.717) is 49.4 Å². The van der Waals surface area contributed by atoms with Crippen molar-refractivity contribution < 1.29 is 27.1 Å². The Hall–Kier alpha value is -2.69. The van der Waals surface area contributed by atoms with Crippen LogP contribution in [0.4, 0.5) is 27.6 Å². The van der Waals surface area contributed by atoms with Gasteiger partial charge in [-0.15, -0.1) is 0 Å². The highest BCUT2D eigenvalue weighted by molar-refractivity contribution is 5.85. The fraction of sp³-hybridized carbons (Fsp3) is 0.500. The van der Waals surface area contributed by atoms with E-state index in [9.17, 15) is 13.9 Å². The van der Waals surface area contributed by atoms with E-state index in [2.05, 4.69) is 15.2 Å². The highest BCUT2D eigenvalue weighted by Crippen LogP contribution is 2.43. The van der Waals surface area contributed by atoms with Crippen LogP contribution in [0.15, 0.2) is 30.3 Å². The molecule has 0 bridgehead atoms. The summed E-state index contributed by atoms with van der Waals surface area (Å²) in [7, 11) is 0. The van der Waals surface area contributed by atoms with Crippen LogP contribution in [0.3, 0.4) is 0 Å². The summed E-state index contributed by atoms with van der Waals surface area (Å²) in [5, 5.41) is 13.5. The van der Waals surface area contributed by atoms with E-state index in [1.54, 1.807) is 11.0 Å². The predicted octanol–water partition coefficient (Wildman–Crippen LogP) is 5.10. The van der Waals surface area contributed by atoms with Crippen molar-refractivity contribution in [3.63, 3.8) is 0 Å². The van der Waals surface area contributed by atoms with Gasteiger partial charge in [-0.25, -0.2) is 17.6 Å². The number of likely N-dealkylation sites (tertiary alicyclic amines) is 1. The number of aromatic amines is 1. The van der Waals surface area contributed by atoms with Gasteiger partial charge < -0.3 is 15.4 Å². The van der Waals surface area contributed by atoms with Crippen LogP contribution in [-0.2, 0) is 6.42 Å². The number of aromatic nitrogens is 1. The quantitative estimate of drug-likeness (QED) is 0.333. The molecule has 0 aliphatic carbocycles. The summed E-state index contributed by atoms with van der Waals surface area (Å²) >= 11 is 0. The van der Waals surface area contributed by atoms with Gasteiger partial charge in [0.25, 0.3) is 0 Å². The number of rotatable bonds is 9. The van der Waals surface area contributed by atoms with Gasteiger partial charge in [-0.2, -0.15) is 0 Å². The Kier molecular flexibility index (Phi) is 7.41. The molecule has 3 aromatic rings. The molecule has 2 aliphatic heterocycles. The summed E-state index contributed by atoms with van der Waals surface area (Å²) < 4.78 is 73.0. The third-order valence-electron chi connectivity index (χ3n) is 7.70. The van der Waals surface area contributed by atoms with E-state index >= 15 is 13.2 Å². The Morgan fingerprint density at radius 1 is 1.13 bits per heavy atom. The van der Waals surface area contributed by atoms with E-state index in [1.807, 2.05) is 6.92 Å². The molecule has 0 radical (unpaired) electrons. The van der Waals surface area contributed by atoms with Crippen molar-refractivity contribution in [3.05, 3.63) is 64.6 Å². The number of hydrogen-bond acceptors (Lipinski definition) is 4. The first-order valence-corrected chi connectivity index (χ1v) is 13.0. The van der Waals surface area contributed by atoms with Gasteiger partial charge in [0.1, 0.15) is 23.1 Å². The van der Waals surface area contributed by atoms with Gasteiger partial charge in [-0.3, -0.25) is 14.2 Å². The molecular formula is C28H33F5N4O. The Morgan fingerprint density at radius 3 is 2.50 bits per heavy atom. The van der Waals surface area contributed by atoms with E-state index < -0.39 is 35.8 Å². The first-order chi connectivity index (χ1) is 18.1. The summed E-state index contributed by atoms with van der Waals surface area (Å²) in [6.07, 6.45) is 0.917. The van der Waals surface area contributed by atoms with E-state index in [0.717, 1.165) is 10.9 Å². The Bertz CT molecular complexity index is 1280. The largest absolute Gasteiger partial charge is 0.393 e. The molecule has 1 aromatic heterocycles. The van der Waals surface area contributed by atoms with Crippen molar-refractivity contribution in [1.82, 2.24) is 14.8 Å². The number of alkyl halides is 2. The maximum atomic E-state index is 15.8. The molecule has 38 heavy (non-hydrogen) atoms. The molecule has 2 aromatic carbocycles. The number of halogens is 5.